The highest BCUT2D eigenvalue weighted by Crippen LogP contribution is 2.45. The second-order valence-electron chi connectivity index (χ2n) is 10.3. The largest absolute Gasteiger partial charge is 0.478 e. The van der Waals surface area contributed by atoms with Crippen molar-refractivity contribution >= 4 is 26.9 Å². The summed E-state index contributed by atoms with van der Waals surface area (Å²) in [6.07, 6.45) is -2.83. The molecule has 6 aromatic rings. The van der Waals surface area contributed by atoms with Crippen molar-refractivity contribution in [2.45, 2.75) is 11.3 Å². The van der Waals surface area contributed by atoms with Crippen molar-refractivity contribution < 1.29 is 35.9 Å². The van der Waals surface area contributed by atoms with Gasteiger partial charge in [0.2, 0.25) is 0 Å². The minimum atomic E-state index is -4.58. The number of alkyl halides is 2. The molecule has 0 fully saturated rings. The Labute approximate surface area is 260 Å². The molecule has 0 aliphatic rings. The second kappa shape index (κ2) is 11.6. The van der Waals surface area contributed by atoms with Crippen molar-refractivity contribution in [1.82, 2.24) is 3.97 Å². The Hall–Kier alpha value is -5.73. The third-order valence-corrected chi connectivity index (χ3v) is 9.26. The lowest BCUT2D eigenvalue weighted by Gasteiger charge is -2.16. The Kier molecular flexibility index (Phi) is 7.67. The minimum absolute atomic E-state index is 0.00523. The van der Waals surface area contributed by atoms with E-state index in [-0.39, 0.29) is 60.4 Å². The summed E-state index contributed by atoms with van der Waals surface area (Å²) in [5.41, 5.74) is 0.579. The molecule has 0 saturated heterocycles. The number of aromatic nitrogens is 1. The van der Waals surface area contributed by atoms with E-state index < -0.39 is 34.1 Å². The van der Waals surface area contributed by atoms with E-state index in [1.165, 1.54) is 30.3 Å². The first-order chi connectivity index (χ1) is 22.0. The topological polar surface area (TPSA) is 100 Å². The van der Waals surface area contributed by atoms with Gasteiger partial charge in [0.1, 0.15) is 11.6 Å². The van der Waals surface area contributed by atoms with Gasteiger partial charge in [0.05, 0.1) is 33.3 Å². The molecule has 6 rings (SSSR count). The summed E-state index contributed by atoms with van der Waals surface area (Å²) in [6, 6.07) is 25.6. The average molecular weight is 641 g/mol. The number of carbonyl (C=O) groups is 1. The average Bonchev–Trinajstić information content (AvgIpc) is 3.39. The van der Waals surface area contributed by atoms with E-state index in [1.54, 1.807) is 36.4 Å². The summed E-state index contributed by atoms with van der Waals surface area (Å²) in [6.45, 7) is 0. The van der Waals surface area contributed by atoms with Crippen LogP contribution in [0.1, 0.15) is 27.9 Å². The number of carboxylic acids is 1. The Morgan fingerprint density at radius 2 is 1.52 bits per heavy atom. The smallest absolute Gasteiger partial charge is 0.335 e. The molecule has 5 aromatic carbocycles. The van der Waals surface area contributed by atoms with Gasteiger partial charge in [0.25, 0.3) is 16.4 Å². The molecule has 0 unspecified atom stereocenters. The van der Waals surface area contributed by atoms with Crippen molar-refractivity contribution in [3.8, 4) is 39.6 Å². The van der Waals surface area contributed by atoms with Crippen LogP contribution >= 0.6 is 0 Å². The van der Waals surface area contributed by atoms with E-state index >= 15 is 4.39 Å². The molecule has 0 aliphatic heterocycles. The number of halogens is 4. The minimum Gasteiger partial charge on any atom is -0.478 e. The quantitative estimate of drug-likeness (QED) is 0.176. The number of hydrogen-bond acceptors (Lipinski definition) is 4. The Balaban J connectivity index is 1.72. The van der Waals surface area contributed by atoms with Crippen LogP contribution in [0.4, 0.5) is 17.6 Å². The van der Waals surface area contributed by atoms with Gasteiger partial charge in [-0.25, -0.2) is 34.7 Å². The zero-order chi connectivity index (χ0) is 32.7. The monoisotopic (exact) mass is 640 g/mol. The number of hydrogen-bond donors (Lipinski definition) is 1. The fourth-order valence-corrected chi connectivity index (χ4v) is 6.97. The standard InChI is InChI=1S/C35H20F4N2O4S/c36-25-11-15-31-29(18-25)32(28-7-2-1-4-24(28)19-40)33(41(31)46(44,45)26-12-8-20(9-13-26)34(38)39)22-6-3-5-21(16-22)27-14-10-23(35(42)43)17-30(27)37/h1-18,34H,(H,42,43). The van der Waals surface area contributed by atoms with Gasteiger partial charge in [-0.3, -0.25) is 0 Å². The molecule has 0 atom stereocenters. The number of fused-ring (bicyclic) bond motifs is 1. The van der Waals surface area contributed by atoms with Gasteiger partial charge in [0.15, 0.2) is 0 Å². The molecule has 0 aliphatic carbocycles. The van der Waals surface area contributed by atoms with Gasteiger partial charge < -0.3 is 5.11 Å². The van der Waals surface area contributed by atoms with Crippen LogP contribution in [0.2, 0.25) is 0 Å². The summed E-state index contributed by atoms with van der Waals surface area (Å²) in [5.74, 6) is -2.83. The molecular formula is C35H20F4N2O4S. The van der Waals surface area contributed by atoms with E-state index in [0.717, 1.165) is 46.4 Å². The number of benzene rings is 5. The Bertz CT molecular complexity index is 2330. The third-order valence-electron chi connectivity index (χ3n) is 7.54. The lowest BCUT2D eigenvalue weighted by Crippen LogP contribution is -2.14. The highest BCUT2D eigenvalue weighted by atomic mass is 32.2. The Morgan fingerprint density at radius 1 is 0.804 bits per heavy atom. The summed E-state index contributed by atoms with van der Waals surface area (Å²) in [7, 11) is -4.58. The summed E-state index contributed by atoms with van der Waals surface area (Å²) < 4.78 is 86.4. The molecule has 0 saturated carbocycles. The molecule has 6 nitrogen and oxygen atoms in total. The summed E-state index contributed by atoms with van der Waals surface area (Å²) >= 11 is 0. The van der Waals surface area contributed by atoms with E-state index in [4.69, 9.17) is 0 Å². The lowest BCUT2D eigenvalue weighted by molar-refractivity contribution is 0.0696. The van der Waals surface area contributed by atoms with Gasteiger partial charge >= 0.3 is 5.97 Å². The van der Waals surface area contributed by atoms with Gasteiger partial charge in [-0.15, -0.1) is 0 Å². The predicted molar refractivity (Wildman–Crippen MR) is 164 cm³/mol. The SMILES string of the molecule is N#Cc1ccccc1-c1c(-c2cccc(-c3ccc(C(=O)O)cc3F)c2)n(S(=O)(=O)c2ccc(C(F)F)cc2)c2ccc(F)cc12. The normalized spacial score (nSPS) is 11.6. The van der Waals surface area contributed by atoms with Crippen LogP contribution in [-0.4, -0.2) is 23.5 Å². The number of rotatable bonds is 7. The Morgan fingerprint density at radius 3 is 2.20 bits per heavy atom. The van der Waals surface area contributed by atoms with Crippen molar-refractivity contribution in [1.29, 1.82) is 5.26 Å². The zero-order valence-corrected chi connectivity index (χ0v) is 24.3. The zero-order valence-electron chi connectivity index (χ0n) is 23.5. The molecule has 1 N–H and O–H groups in total. The van der Waals surface area contributed by atoms with Gasteiger partial charge in [-0.1, -0.05) is 54.6 Å². The molecule has 0 bridgehead atoms. The van der Waals surface area contributed by atoms with Gasteiger partial charge in [-0.05, 0) is 60.2 Å². The second-order valence-corrected chi connectivity index (χ2v) is 12.0. The van der Waals surface area contributed by atoms with Crippen molar-refractivity contribution in [3.05, 3.63) is 138 Å². The van der Waals surface area contributed by atoms with Crippen molar-refractivity contribution in [2.24, 2.45) is 0 Å². The van der Waals surface area contributed by atoms with Gasteiger partial charge in [-0.2, -0.15) is 5.26 Å². The molecule has 1 aromatic heterocycles. The molecular weight excluding hydrogens is 620 g/mol. The predicted octanol–water partition coefficient (Wildman–Crippen LogP) is 8.66. The fourth-order valence-electron chi connectivity index (χ4n) is 5.42. The van der Waals surface area contributed by atoms with Crippen LogP contribution in [0.25, 0.3) is 44.4 Å². The van der Waals surface area contributed by atoms with E-state index in [2.05, 4.69) is 6.07 Å². The summed E-state index contributed by atoms with van der Waals surface area (Å²) in [4.78, 5) is 11.0. The first-order valence-electron chi connectivity index (χ1n) is 13.6. The highest BCUT2D eigenvalue weighted by molar-refractivity contribution is 7.90. The highest BCUT2D eigenvalue weighted by Gasteiger charge is 2.30. The van der Waals surface area contributed by atoms with Crippen LogP contribution < -0.4 is 0 Å². The van der Waals surface area contributed by atoms with E-state index in [1.807, 2.05) is 0 Å². The third kappa shape index (κ3) is 5.18. The maximum atomic E-state index is 15.2. The molecule has 0 spiro atoms. The van der Waals surface area contributed by atoms with Crippen LogP contribution in [0, 0.1) is 23.0 Å². The van der Waals surface area contributed by atoms with E-state index in [0.29, 0.717) is 5.56 Å². The van der Waals surface area contributed by atoms with Crippen LogP contribution in [-0.2, 0) is 10.0 Å². The fraction of sp³-hybridized carbons (Fsp3) is 0.0286. The van der Waals surface area contributed by atoms with Crippen molar-refractivity contribution in [3.63, 3.8) is 0 Å². The van der Waals surface area contributed by atoms with Gasteiger partial charge in [0, 0.05) is 33.2 Å². The maximum absolute atomic E-state index is 15.2. The number of nitrogens with zero attached hydrogens (tertiary/aromatic N) is 2. The number of carboxylic acid groups (broad SMARTS) is 1. The molecule has 1 heterocycles. The molecule has 0 amide bonds. The first-order valence-corrected chi connectivity index (χ1v) is 15.1. The summed E-state index contributed by atoms with van der Waals surface area (Å²) in [5, 5.41) is 19.4. The molecule has 46 heavy (non-hydrogen) atoms. The number of nitriles is 1. The maximum Gasteiger partial charge on any atom is 0.335 e. The molecule has 0 radical (unpaired) electrons. The van der Waals surface area contributed by atoms with Crippen LogP contribution in [0.3, 0.4) is 0 Å². The van der Waals surface area contributed by atoms with E-state index in [9.17, 15) is 36.8 Å². The van der Waals surface area contributed by atoms with Crippen LogP contribution in [0.5, 0.6) is 0 Å². The van der Waals surface area contributed by atoms with Crippen LogP contribution in [0.15, 0.2) is 114 Å². The molecule has 228 valence electrons. The first kappa shape index (κ1) is 30.3. The lowest BCUT2D eigenvalue weighted by atomic mass is 9.93. The van der Waals surface area contributed by atoms with Crippen molar-refractivity contribution in [2.75, 3.05) is 0 Å². The number of aromatic carboxylic acids is 1. The molecule has 11 heteroatoms.